The van der Waals surface area contributed by atoms with E-state index in [9.17, 15) is 17.6 Å². The summed E-state index contributed by atoms with van der Waals surface area (Å²) in [7, 11) is -4.00. The number of rotatable bonds is 5. The van der Waals surface area contributed by atoms with E-state index in [2.05, 4.69) is 11.0 Å². The summed E-state index contributed by atoms with van der Waals surface area (Å²) in [6, 6.07) is 12.3. The van der Waals surface area contributed by atoms with Crippen molar-refractivity contribution >= 4 is 38.9 Å². The third-order valence-corrected chi connectivity index (χ3v) is 6.31. The Labute approximate surface area is 167 Å². The van der Waals surface area contributed by atoms with E-state index in [0.717, 1.165) is 17.3 Å². The average molecular weight is 416 g/mol. The van der Waals surface area contributed by atoms with Crippen molar-refractivity contribution in [1.29, 1.82) is 0 Å². The van der Waals surface area contributed by atoms with Crippen LogP contribution in [0.15, 0.2) is 75.4 Å². The van der Waals surface area contributed by atoms with Crippen LogP contribution in [-0.2, 0) is 14.8 Å². The van der Waals surface area contributed by atoms with Gasteiger partial charge in [0, 0.05) is 12.1 Å². The fourth-order valence-electron chi connectivity index (χ4n) is 2.47. The Bertz CT molecular complexity index is 1090. The zero-order valence-electron chi connectivity index (χ0n) is 15.0. The van der Waals surface area contributed by atoms with Crippen LogP contribution < -0.4 is 0 Å². The number of amides is 1. The van der Waals surface area contributed by atoms with Gasteiger partial charge < -0.3 is 0 Å². The number of halogens is 1. The van der Waals surface area contributed by atoms with Crippen molar-refractivity contribution in [2.75, 3.05) is 6.54 Å². The third-order valence-electron chi connectivity index (χ3n) is 3.91. The molecule has 0 radical (unpaired) electrons. The van der Waals surface area contributed by atoms with E-state index in [1.54, 1.807) is 24.3 Å². The van der Waals surface area contributed by atoms with Crippen LogP contribution in [-0.4, -0.2) is 30.9 Å². The van der Waals surface area contributed by atoms with E-state index in [-0.39, 0.29) is 27.1 Å². The fraction of sp³-hybridized carbons (Fsp3) is 0.100. The maximum Gasteiger partial charge on any atom is 0.284 e. The van der Waals surface area contributed by atoms with Crippen molar-refractivity contribution in [3.63, 3.8) is 0 Å². The van der Waals surface area contributed by atoms with Gasteiger partial charge in [-0.3, -0.25) is 9.69 Å². The smallest absolute Gasteiger partial charge is 0.282 e. The van der Waals surface area contributed by atoms with Gasteiger partial charge in [0.1, 0.15) is 5.82 Å². The fourth-order valence-corrected chi connectivity index (χ4v) is 4.65. The number of hydrogen-bond acceptors (Lipinski definition) is 4. The molecule has 0 bridgehead atoms. The molecule has 2 aromatic rings. The molecule has 3 rings (SSSR count). The summed E-state index contributed by atoms with van der Waals surface area (Å²) in [5, 5.41) is 0.00747. The molecule has 0 N–H and O–H groups in total. The number of hydrogen-bond donors (Lipinski definition) is 0. The predicted octanol–water partition coefficient (Wildman–Crippen LogP) is 3.98. The molecule has 2 aromatic carbocycles. The highest BCUT2D eigenvalue weighted by atomic mass is 32.2. The molecule has 1 aliphatic rings. The zero-order valence-corrected chi connectivity index (χ0v) is 16.6. The number of thioether (sulfide) groups is 1. The summed E-state index contributed by atoms with van der Waals surface area (Å²) in [5.74, 6) is -0.928. The Balaban J connectivity index is 2.01. The molecule has 1 fully saturated rings. The van der Waals surface area contributed by atoms with E-state index >= 15 is 0 Å². The Morgan fingerprint density at radius 1 is 1.18 bits per heavy atom. The van der Waals surface area contributed by atoms with Gasteiger partial charge in [-0.25, -0.2) is 4.39 Å². The first-order valence-electron chi connectivity index (χ1n) is 8.30. The topological polar surface area (TPSA) is 66.8 Å². The van der Waals surface area contributed by atoms with E-state index in [1.165, 1.54) is 41.3 Å². The van der Waals surface area contributed by atoms with E-state index in [4.69, 9.17) is 0 Å². The number of benzene rings is 2. The predicted molar refractivity (Wildman–Crippen MR) is 110 cm³/mol. The third kappa shape index (κ3) is 4.23. The maximum atomic E-state index is 13.9. The highest BCUT2D eigenvalue weighted by molar-refractivity contribution is 8.19. The van der Waals surface area contributed by atoms with Gasteiger partial charge in [-0.15, -0.1) is 11.0 Å². The highest BCUT2D eigenvalue weighted by Crippen LogP contribution is 2.34. The molecule has 0 aromatic heterocycles. The van der Waals surface area contributed by atoms with Crippen molar-refractivity contribution in [2.24, 2.45) is 4.40 Å². The molecular formula is C20H17FN2O3S2. The van der Waals surface area contributed by atoms with Gasteiger partial charge in [0.05, 0.1) is 9.80 Å². The second-order valence-corrected chi connectivity index (χ2v) is 8.61. The minimum absolute atomic E-state index is 0.00747. The number of aryl methyl sites for hydroxylation is 1. The molecule has 1 aliphatic heterocycles. The Hall–Kier alpha value is -2.71. The van der Waals surface area contributed by atoms with Gasteiger partial charge in [0.15, 0.2) is 5.17 Å². The van der Waals surface area contributed by atoms with Crippen LogP contribution >= 0.6 is 11.8 Å². The normalized spacial score (nSPS) is 17.5. The summed E-state index contributed by atoms with van der Waals surface area (Å²) in [4.78, 5) is 14.1. The minimum Gasteiger partial charge on any atom is -0.282 e. The van der Waals surface area contributed by atoms with Gasteiger partial charge in [0.25, 0.3) is 15.9 Å². The number of amidine groups is 1. The first kappa shape index (κ1) is 20.0. The van der Waals surface area contributed by atoms with Crippen molar-refractivity contribution in [1.82, 2.24) is 4.90 Å². The van der Waals surface area contributed by atoms with Crippen molar-refractivity contribution in [3.8, 4) is 0 Å². The SMILES string of the molecule is C=CCN1C(=O)/C(=C/c2ccccc2F)S/C1=N\S(=O)(=O)c1ccc(C)cc1. The average Bonchev–Trinajstić information content (AvgIpc) is 2.92. The molecule has 28 heavy (non-hydrogen) atoms. The van der Waals surface area contributed by atoms with Crippen molar-refractivity contribution < 1.29 is 17.6 Å². The molecule has 1 heterocycles. The van der Waals surface area contributed by atoms with E-state index in [0.29, 0.717) is 0 Å². The van der Waals surface area contributed by atoms with E-state index in [1.807, 2.05) is 6.92 Å². The maximum absolute atomic E-state index is 13.9. The molecule has 144 valence electrons. The van der Waals surface area contributed by atoms with Gasteiger partial charge in [-0.05, 0) is 43.0 Å². The lowest BCUT2D eigenvalue weighted by molar-refractivity contribution is -0.121. The van der Waals surface area contributed by atoms with Gasteiger partial charge in [0.2, 0.25) is 0 Å². The number of carbonyl (C=O) groups is 1. The quantitative estimate of drug-likeness (QED) is 0.546. The molecule has 0 aliphatic carbocycles. The molecule has 0 atom stereocenters. The Kier molecular flexibility index (Phi) is 5.81. The standard InChI is InChI=1S/C20H17FN2O3S2/c1-3-12-23-19(24)18(13-15-6-4-5-7-17(15)21)27-20(23)22-28(25,26)16-10-8-14(2)9-11-16/h3-11,13H,1,12H2,2H3/b18-13-,22-20-. The molecule has 8 heteroatoms. The van der Waals surface area contributed by atoms with Crippen LogP contribution in [0.2, 0.25) is 0 Å². The van der Waals surface area contributed by atoms with E-state index < -0.39 is 21.7 Å². The van der Waals surface area contributed by atoms with Gasteiger partial charge in [-0.2, -0.15) is 8.42 Å². The molecule has 0 spiro atoms. The lowest BCUT2D eigenvalue weighted by Gasteiger charge is -2.12. The summed E-state index contributed by atoms with van der Waals surface area (Å²) < 4.78 is 43.0. The van der Waals surface area contributed by atoms with Crippen molar-refractivity contribution in [2.45, 2.75) is 11.8 Å². The van der Waals surface area contributed by atoms with Crippen LogP contribution in [0.4, 0.5) is 4.39 Å². The molecule has 0 saturated carbocycles. The summed E-state index contributed by atoms with van der Waals surface area (Å²) in [6.07, 6.45) is 2.86. The van der Waals surface area contributed by atoms with Crippen LogP contribution in [0, 0.1) is 12.7 Å². The number of carbonyl (C=O) groups excluding carboxylic acids is 1. The molecule has 1 saturated heterocycles. The highest BCUT2D eigenvalue weighted by Gasteiger charge is 2.34. The van der Waals surface area contributed by atoms with Crippen molar-refractivity contribution in [3.05, 3.63) is 83.0 Å². The van der Waals surface area contributed by atoms with Crippen LogP contribution in [0.3, 0.4) is 0 Å². The number of nitrogens with zero attached hydrogens (tertiary/aromatic N) is 2. The summed E-state index contributed by atoms with van der Waals surface area (Å²) >= 11 is 0.889. The number of sulfonamides is 1. The first-order chi connectivity index (χ1) is 13.3. The van der Waals surface area contributed by atoms with Crippen LogP contribution in [0.1, 0.15) is 11.1 Å². The summed E-state index contributed by atoms with van der Waals surface area (Å²) in [5.41, 5.74) is 1.15. The second kappa shape index (κ2) is 8.12. The lowest BCUT2D eigenvalue weighted by Crippen LogP contribution is -2.29. The zero-order chi connectivity index (χ0) is 20.3. The summed E-state index contributed by atoms with van der Waals surface area (Å²) in [6.45, 7) is 5.53. The molecule has 1 amide bonds. The minimum atomic E-state index is -4.00. The molecule has 5 nitrogen and oxygen atoms in total. The van der Waals surface area contributed by atoms with Gasteiger partial charge >= 0.3 is 0 Å². The second-order valence-electron chi connectivity index (χ2n) is 6.00. The lowest BCUT2D eigenvalue weighted by atomic mass is 10.2. The van der Waals surface area contributed by atoms with Gasteiger partial charge in [-0.1, -0.05) is 42.0 Å². The van der Waals surface area contributed by atoms with Crippen LogP contribution in [0.5, 0.6) is 0 Å². The molecule has 0 unspecified atom stereocenters. The largest absolute Gasteiger partial charge is 0.284 e. The molecular weight excluding hydrogens is 399 g/mol. The first-order valence-corrected chi connectivity index (χ1v) is 10.6. The monoisotopic (exact) mass is 416 g/mol. The Morgan fingerprint density at radius 3 is 2.50 bits per heavy atom. The Morgan fingerprint density at radius 2 is 1.86 bits per heavy atom. The van der Waals surface area contributed by atoms with Crippen LogP contribution in [0.25, 0.3) is 6.08 Å².